The van der Waals surface area contributed by atoms with Gasteiger partial charge < -0.3 is 4.90 Å². The van der Waals surface area contributed by atoms with Crippen LogP contribution in [0.1, 0.15) is 26.2 Å². The number of hydrogen-bond acceptors (Lipinski definition) is 2. The quantitative estimate of drug-likeness (QED) is 0.651. The molecule has 0 N–H and O–H groups in total. The van der Waals surface area contributed by atoms with Gasteiger partial charge in [-0.3, -0.25) is 4.90 Å². The van der Waals surface area contributed by atoms with Crippen LogP contribution in [-0.2, 0) is 0 Å². The van der Waals surface area contributed by atoms with E-state index in [1.165, 1.54) is 45.4 Å². The Hall–Kier alpha value is -0.0800. The van der Waals surface area contributed by atoms with Gasteiger partial charge in [-0.1, -0.05) is 6.92 Å². The molecule has 0 radical (unpaired) electrons. The SMILES string of the molecule is CCC(C1CC1)N1CCN(C)CC1. The fourth-order valence-electron chi connectivity index (χ4n) is 2.52. The van der Waals surface area contributed by atoms with Gasteiger partial charge in [0.05, 0.1) is 0 Å². The van der Waals surface area contributed by atoms with Crippen molar-refractivity contribution in [3.8, 4) is 0 Å². The van der Waals surface area contributed by atoms with Crippen LogP contribution in [0.25, 0.3) is 0 Å². The predicted octanol–water partition coefficient (Wildman–Crippen LogP) is 1.42. The Morgan fingerprint density at radius 2 is 1.77 bits per heavy atom. The van der Waals surface area contributed by atoms with Crippen LogP contribution in [0.5, 0.6) is 0 Å². The number of piperazine rings is 1. The van der Waals surface area contributed by atoms with Gasteiger partial charge in [0, 0.05) is 32.2 Å². The number of nitrogens with zero attached hydrogens (tertiary/aromatic N) is 2. The van der Waals surface area contributed by atoms with Crippen molar-refractivity contribution < 1.29 is 0 Å². The van der Waals surface area contributed by atoms with E-state index in [1.54, 1.807) is 0 Å². The van der Waals surface area contributed by atoms with Crippen molar-refractivity contribution in [1.29, 1.82) is 0 Å². The molecule has 0 amide bonds. The summed E-state index contributed by atoms with van der Waals surface area (Å²) in [5.74, 6) is 1.05. The van der Waals surface area contributed by atoms with Crippen LogP contribution < -0.4 is 0 Å². The molecule has 1 heterocycles. The lowest BCUT2D eigenvalue weighted by molar-refractivity contribution is 0.0982. The molecule has 1 atom stereocenters. The van der Waals surface area contributed by atoms with Crippen molar-refractivity contribution in [2.75, 3.05) is 33.2 Å². The van der Waals surface area contributed by atoms with Crippen LogP contribution in [0, 0.1) is 5.92 Å². The summed E-state index contributed by atoms with van der Waals surface area (Å²) >= 11 is 0. The summed E-state index contributed by atoms with van der Waals surface area (Å²) in [6, 6.07) is 0.911. The summed E-state index contributed by atoms with van der Waals surface area (Å²) in [6.45, 7) is 7.48. The standard InChI is InChI=1S/C11H22N2/c1-3-11(10-4-5-10)13-8-6-12(2)7-9-13/h10-11H,3-9H2,1-2H3. The molecule has 1 aliphatic carbocycles. The Labute approximate surface area is 81.9 Å². The third-order valence-corrected chi connectivity index (χ3v) is 3.59. The largest absolute Gasteiger partial charge is 0.304 e. The number of hydrogen-bond donors (Lipinski definition) is 0. The maximum Gasteiger partial charge on any atom is 0.0122 e. The minimum absolute atomic E-state index is 0.911. The zero-order valence-corrected chi connectivity index (χ0v) is 9.00. The summed E-state index contributed by atoms with van der Waals surface area (Å²) in [6.07, 6.45) is 4.34. The average Bonchev–Trinajstić information content (AvgIpc) is 2.93. The molecule has 2 fully saturated rings. The fourth-order valence-corrected chi connectivity index (χ4v) is 2.52. The van der Waals surface area contributed by atoms with Gasteiger partial charge in [-0.25, -0.2) is 0 Å². The van der Waals surface area contributed by atoms with Crippen molar-refractivity contribution in [2.24, 2.45) is 5.92 Å². The maximum absolute atomic E-state index is 2.72. The zero-order valence-electron chi connectivity index (χ0n) is 9.00. The molecule has 1 saturated heterocycles. The second-order valence-electron chi connectivity index (χ2n) is 4.65. The molecular formula is C11H22N2. The lowest BCUT2D eigenvalue weighted by Crippen LogP contribution is -2.49. The molecule has 2 heteroatoms. The minimum atomic E-state index is 0.911. The average molecular weight is 182 g/mol. The molecule has 13 heavy (non-hydrogen) atoms. The highest BCUT2D eigenvalue weighted by molar-refractivity contribution is 4.89. The van der Waals surface area contributed by atoms with Gasteiger partial charge in [-0.2, -0.15) is 0 Å². The highest BCUT2D eigenvalue weighted by atomic mass is 15.3. The first-order chi connectivity index (χ1) is 6.31. The molecule has 0 aromatic carbocycles. The van der Waals surface area contributed by atoms with Crippen LogP contribution >= 0.6 is 0 Å². The van der Waals surface area contributed by atoms with Crippen molar-refractivity contribution in [3.63, 3.8) is 0 Å². The van der Waals surface area contributed by atoms with Crippen LogP contribution in [0.15, 0.2) is 0 Å². The summed E-state index contributed by atoms with van der Waals surface area (Å²) in [4.78, 5) is 5.16. The molecule has 2 aliphatic rings. The number of rotatable bonds is 3. The van der Waals surface area contributed by atoms with Gasteiger partial charge >= 0.3 is 0 Å². The van der Waals surface area contributed by atoms with E-state index in [9.17, 15) is 0 Å². The fraction of sp³-hybridized carbons (Fsp3) is 1.00. The topological polar surface area (TPSA) is 6.48 Å². The van der Waals surface area contributed by atoms with Crippen LogP contribution in [0.2, 0.25) is 0 Å². The summed E-state index contributed by atoms with van der Waals surface area (Å²) < 4.78 is 0. The van der Waals surface area contributed by atoms with E-state index < -0.39 is 0 Å². The molecule has 76 valence electrons. The Balaban J connectivity index is 1.84. The molecule has 0 spiro atoms. The van der Waals surface area contributed by atoms with Crippen molar-refractivity contribution in [1.82, 2.24) is 9.80 Å². The van der Waals surface area contributed by atoms with Crippen LogP contribution in [0.4, 0.5) is 0 Å². The first-order valence-electron chi connectivity index (χ1n) is 5.74. The summed E-state index contributed by atoms with van der Waals surface area (Å²) in [5.41, 5.74) is 0. The van der Waals surface area contributed by atoms with Gasteiger partial charge in [-0.05, 0) is 32.2 Å². The number of likely N-dealkylation sites (N-methyl/N-ethyl adjacent to an activating group) is 1. The van der Waals surface area contributed by atoms with E-state index in [2.05, 4.69) is 23.8 Å². The third-order valence-electron chi connectivity index (χ3n) is 3.59. The first-order valence-corrected chi connectivity index (χ1v) is 5.74. The molecule has 0 bridgehead atoms. The van der Waals surface area contributed by atoms with E-state index in [0.717, 1.165) is 12.0 Å². The third kappa shape index (κ3) is 2.23. The van der Waals surface area contributed by atoms with Crippen molar-refractivity contribution in [3.05, 3.63) is 0 Å². The molecular weight excluding hydrogens is 160 g/mol. The van der Waals surface area contributed by atoms with Gasteiger partial charge in [0.2, 0.25) is 0 Å². The van der Waals surface area contributed by atoms with Gasteiger partial charge in [0.15, 0.2) is 0 Å². The van der Waals surface area contributed by atoms with Crippen LogP contribution in [0.3, 0.4) is 0 Å². The lowest BCUT2D eigenvalue weighted by atomic mass is 10.1. The Bertz CT molecular complexity index is 157. The van der Waals surface area contributed by atoms with E-state index in [0.29, 0.717) is 0 Å². The monoisotopic (exact) mass is 182 g/mol. The maximum atomic E-state index is 2.72. The van der Waals surface area contributed by atoms with E-state index in [1.807, 2.05) is 0 Å². The van der Waals surface area contributed by atoms with E-state index >= 15 is 0 Å². The van der Waals surface area contributed by atoms with E-state index in [4.69, 9.17) is 0 Å². The molecule has 0 aromatic heterocycles. The molecule has 2 rings (SSSR count). The second-order valence-corrected chi connectivity index (χ2v) is 4.65. The Morgan fingerprint density at radius 3 is 2.23 bits per heavy atom. The Morgan fingerprint density at radius 1 is 1.15 bits per heavy atom. The first kappa shape index (κ1) is 9.47. The second kappa shape index (κ2) is 3.97. The highest BCUT2D eigenvalue weighted by Crippen LogP contribution is 2.36. The zero-order chi connectivity index (χ0) is 9.26. The minimum Gasteiger partial charge on any atom is -0.304 e. The van der Waals surface area contributed by atoms with Crippen LogP contribution in [-0.4, -0.2) is 49.1 Å². The van der Waals surface area contributed by atoms with Gasteiger partial charge in [0.1, 0.15) is 0 Å². The molecule has 1 aliphatic heterocycles. The Kier molecular flexibility index (Phi) is 2.89. The molecule has 1 unspecified atom stereocenters. The van der Waals surface area contributed by atoms with Gasteiger partial charge in [0.25, 0.3) is 0 Å². The summed E-state index contributed by atoms with van der Waals surface area (Å²) in [5, 5.41) is 0. The van der Waals surface area contributed by atoms with Crippen molar-refractivity contribution in [2.45, 2.75) is 32.2 Å². The predicted molar refractivity (Wildman–Crippen MR) is 55.9 cm³/mol. The lowest BCUT2D eigenvalue weighted by Gasteiger charge is -2.37. The smallest absolute Gasteiger partial charge is 0.0122 e. The molecule has 2 nitrogen and oxygen atoms in total. The van der Waals surface area contributed by atoms with Gasteiger partial charge in [-0.15, -0.1) is 0 Å². The van der Waals surface area contributed by atoms with Crippen molar-refractivity contribution >= 4 is 0 Å². The summed E-state index contributed by atoms with van der Waals surface area (Å²) in [7, 11) is 2.23. The molecule has 0 aromatic rings. The van der Waals surface area contributed by atoms with E-state index in [-0.39, 0.29) is 0 Å². The molecule has 1 saturated carbocycles. The highest BCUT2D eigenvalue weighted by Gasteiger charge is 2.34. The normalized spacial score (nSPS) is 29.1.